The fraction of sp³-hybridized carbons (Fsp3) is 0.725. The molecular weight excluding hydrogens is 868 g/mol. The largest absolute Gasteiger partial charge is 0.472 e. The highest BCUT2D eigenvalue weighted by Gasteiger charge is 2.51. The van der Waals surface area contributed by atoms with Crippen LogP contribution in [-0.2, 0) is 32.7 Å². The number of aliphatic hydroxyl groups is 6. The second kappa shape index (κ2) is 40.2. The van der Waals surface area contributed by atoms with Crippen LogP contribution in [0.5, 0.6) is 0 Å². The third-order valence-corrected chi connectivity index (χ3v) is 12.1. The Bertz CT molecular complexity index is 1450. The lowest BCUT2D eigenvalue weighted by atomic mass is 9.85. The summed E-state index contributed by atoms with van der Waals surface area (Å²) in [5.41, 5.74) is 0. The molecule has 380 valence electrons. The molecule has 0 saturated heterocycles. The first kappa shape index (κ1) is 61.3. The Balaban J connectivity index is 2.51. The van der Waals surface area contributed by atoms with E-state index in [-0.39, 0.29) is 25.7 Å². The lowest BCUT2D eigenvalue weighted by Gasteiger charge is -2.41. The molecule has 15 heteroatoms. The average Bonchev–Trinajstić information content (AvgIpc) is 3.29. The number of unbranched alkanes of at least 4 members (excludes halogenated alkanes) is 15. The van der Waals surface area contributed by atoms with Crippen molar-refractivity contribution in [2.75, 3.05) is 13.2 Å². The van der Waals surface area contributed by atoms with E-state index in [9.17, 15) is 49.7 Å². The molecule has 7 N–H and O–H groups in total. The first-order valence-electron chi connectivity index (χ1n) is 24.8. The monoisotopic (exact) mass is 955 g/mol. The van der Waals surface area contributed by atoms with E-state index in [4.69, 9.17) is 18.5 Å². The number of carbonyl (C=O) groups is 2. The lowest BCUT2D eigenvalue weighted by Crippen LogP contribution is -2.64. The number of phosphoric ester groups is 1. The van der Waals surface area contributed by atoms with Gasteiger partial charge in [0, 0.05) is 12.8 Å². The molecule has 1 rings (SSSR count). The highest BCUT2D eigenvalue weighted by atomic mass is 31.2. The fourth-order valence-electron chi connectivity index (χ4n) is 7.07. The molecule has 0 bridgehead atoms. The molecule has 66 heavy (non-hydrogen) atoms. The van der Waals surface area contributed by atoms with Gasteiger partial charge in [0.05, 0.1) is 12.7 Å². The Labute approximate surface area is 396 Å². The van der Waals surface area contributed by atoms with E-state index in [2.05, 4.69) is 62.5 Å². The van der Waals surface area contributed by atoms with Gasteiger partial charge >= 0.3 is 19.8 Å². The van der Waals surface area contributed by atoms with Crippen LogP contribution in [0.2, 0.25) is 0 Å². The summed E-state index contributed by atoms with van der Waals surface area (Å²) in [6.07, 6.45) is 33.9. The predicted molar refractivity (Wildman–Crippen MR) is 259 cm³/mol. The molecular formula is C51H87O14P. The third kappa shape index (κ3) is 32.1. The van der Waals surface area contributed by atoms with Gasteiger partial charge in [-0.3, -0.25) is 18.6 Å². The number of hydrogen-bond acceptors (Lipinski definition) is 13. The Morgan fingerprint density at radius 1 is 0.545 bits per heavy atom. The van der Waals surface area contributed by atoms with Crippen molar-refractivity contribution in [1.82, 2.24) is 0 Å². The van der Waals surface area contributed by atoms with Gasteiger partial charge in [-0.1, -0.05) is 157 Å². The molecule has 1 aliphatic rings. The standard InChI is InChI=1S/C51H87O14P/c1-3-5-7-9-11-13-15-17-18-19-20-21-22-24-26-28-30-32-34-38-44(53)62-40-43(41-63-66(60,61)65-51-49(58)47(56)46(55)48(57)50(51)59)64-45(54)39-35-37-42(52)36-33-31-29-27-25-23-16-14-12-10-8-6-4-2/h11-14,17-18,23,25,29,31,33,36,42-43,46-52,55-59H,3-10,15-16,19-22,24,26-28,30,32,34-35,37-41H2,1-2H3,(H,60,61)/b13-11-,14-12-,18-17-,25-23-,31-29-,36-33+/t42-,43+,46?,47-,48+,49+,50+,51?/m0/s1. The molecule has 1 saturated carbocycles. The summed E-state index contributed by atoms with van der Waals surface area (Å²) in [7, 11) is -5.18. The number of aliphatic hydroxyl groups excluding tert-OH is 6. The van der Waals surface area contributed by atoms with Crippen LogP contribution in [0.25, 0.3) is 0 Å². The van der Waals surface area contributed by atoms with Gasteiger partial charge in [-0.05, 0) is 77.0 Å². The number of esters is 2. The number of rotatable bonds is 40. The molecule has 0 aromatic carbocycles. The van der Waals surface area contributed by atoms with Crippen LogP contribution in [0.15, 0.2) is 72.9 Å². The summed E-state index contributed by atoms with van der Waals surface area (Å²) in [4.78, 5) is 35.8. The van der Waals surface area contributed by atoms with Gasteiger partial charge in [0.1, 0.15) is 43.2 Å². The van der Waals surface area contributed by atoms with Crippen LogP contribution in [0.4, 0.5) is 0 Å². The summed E-state index contributed by atoms with van der Waals surface area (Å²) in [5, 5.41) is 60.6. The predicted octanol–water partition coefficient (Wildman–Crippen LogP) is 9.25. The van der Waals surface area contributed by atoms with Gasteiger partial charge in [-0.15, -0.1) is 0 Å². The maximum atomic E-state index is 12.8. The summed E-state index contributed by atoms with van der Waals surface area (Å²) in [6.45, 7) is 3.08. The van der Waals surface area contributed by atoms with E-state index in [1.165, 1.54) is 70.6 Å². The van der Waals surface area contributed by atoms with E-state index in [0.29, 0.717) is 6.42 Å². The first-order chi connectivity index (χ1) is 31.8. The van der Waals surface area contributed by atoms with Crippen molar-refractivity contribution in [3.05, 3.63) is 72.9 Å². The van der Waals surface area contributed by atoms with Crippen LogP contribution < -0.4 is 0 Å². The van der Waals surface area contributed by atoms with Crippen LogP contribution in [-0.4, -0.2) is 110 Å². The topological polar surface area (TPSA) is 230 Å². The normalized spacial score (nSPS) is 22.4. The van der Waals surface area contributed by atoms with Crippen molar-refractivity contribution >= 4 is 19.8 Å². The van der Waals surface area contributed by atoms with E-state index in [1.807, 2.05) is 12.2 Å². The summed E-state index contributed by atoms with van der Waals surface area (Å²) >= 11 is 0. The third-order valence-electron chi connectivity index (χ3n) is 11.1. The molecule has 14 nitrogen and oxygen atoms in total. The maximum absolute atomic E-state index is 12.8. The van der Waals surface area contributed by atoms with E-state index >= 15 is 0 Å². The van der Waals surface area contributed by atoms with Gasteiger partial charge in [0.2, 0.25) is 0 Å². The van der Waals surface area contributed by atoms with Crippen molar-refractivity contribution in [2.24, 2.45) is 0 Å². The highest BCUT2D eigenvalue weighted by molar-refractivity contribution is 7.47. The van der Waals surface area contributed by atoms with Gasteiger partial charge in [-0.25, -0.2) is 4.57 Å². The zero-order valence-corrected chi connectivity index (χ0v) is 41.0. The van der Waals surface area contributed by atoms with Crippen molar-refractivity contribution in [3.8, 4) is 0 Å². The minimum absolute atomic E-state index is 0.118. The van der Waals surface area contributed by atoms with Gasteiger partial charge in [0.25, 0.3) is 0 Å². The molecule has 3 unspecified atom stereocenters. The maximum Gasteiger partial charge on any atom is 0.472 e. The van der Waals surface area contributed by atoms with E-state index < -0.39 is 81.8 Å². The Hall–Kier alpha value is -2.75. The van der Waals surface area contributed by atoms with Crippen LogP contribution in [0.3, 0.4) is 0 Å². The molecule has 0 spiro atoms. The summed E-state index contributed by atoms with van der Waals surface area (Å²) in [5.74, 6) is -1.31. The number of ether oxygens (including phenoxy) is 2. The van der Waals surface area contributed by atoms with Crippen molar-refractivity contribution in [1.29, 1.82) is 0 Å². The molecule has 0 aromatic rings. The quantitative estimate of drug-likeness (QED) is 0.00999. The minimum Gasteiger partial charge on any atom is -0.462 e. The molecule has 0 aromatic heterocycles. The molecule has 0 radical (unpaired) electrons. The second-order valence-corrected chi connectivity index (χ2v) is 18.6. The average molecular weight is 955 g/mol. The molecule has 0 heterocycles. The molecule has 0 aliphatic heterocycles. The molecule has 1 fully saturated rings. The van der Waals surface area contributed by atoms with Gasteiger partial charge < -0.3 is 45.0 Å². The number of carbonyl (C=O) groups excluding carboxylic acids is 2. The molecule has 1 aliphatic carbocycles. The lowest BCUT2D eigenvalue weighted by molar-refractivity contribution is -0.220. The molecule has 0 amide bonds. The SMILES string of the molecule is CCCCC/C=C\C/C=C\C/C=C\C=C\[C@H](O)CCCC(=O)O[C@H](COC(=O)CCCCCCCCCCC/C=C\C/C=C\CCCCC)COP(=O)(O)OC1[C@H](O)[C@H](O)C(O)[C@H](O)[C@H]1O. The van der Waals surface area contributed by atoms with Gasteiger partial charge in [0.15, 0.2) is 6.10 Å². The van der Waals surface area contributed by atoms with Crippen LogP contribution in [0.1, 0.15) is 174 Å². The van der Waals surface area contributed by atoms with E-state index in [0.717, 1.165) is 57.8 Å². The highest BCUT2D eigenvalue weighted by Crippen LogP contribution is 2.47. The number of allylic oxidation sites excluding steroid dienone is 11. The minimum atomic E-state index is -5.18. The Morgan fingerprint density at radius 3 is 1.55 bits per heavy atom. The number of hydrogen-bond donors (Lipinski definition) is 7. The van der Waals surface area contributed by atoms with Crippen LogP contribution in [0, 0.1) is 0 Å². The number of phosphoric acid groups is 1. The van der Waals surface area contributed by atoms with Gasteiger partial charge in [-0.2, -0.15) is 0 Å². The fourth-order valence-corrected chi connectivity index (χ4v) is 8.04. The van der Waals surface area contributed by atoms with Crippen molar-refractivity contribution in [3.63, 3.8) is 0 Å². The summed E-state index contributed by atoms with van der Waals surface area (Å²) < 4.78 is 33.4. The molecule has 9 atom stereocenters. The Morgan fingerprint density at radius 2 is 1.00 bits per heavy atom. The Kier molecular flexibility index (Phi) is 37.3. The second-order valence-electron chi connectivity index (χ2n) is 17.2. The van der Waals surface area contributed by atoms with Crippen LogP contribution >= 0.6 is 7.82 Å². The van der Waals surface area contributed by atoms with E-state index in [1.54, 1.807) is 12.2 Å². The zero-order valence-electron chi connectivity index (χ0n) is 40.1. The smallest absolute Gasteiger partial charge is 0.462 e. The zero-order chi connectivity index (χ0) is 48.7. The summed E-state index contributed by atoms with van der Waals surface area (Å²) in [6, 6.07) is 0. The van der Waals surface area contributed by atoms with Crippen molar-refractivity contribution in [2.45, 2.75) is 223 Å². The van der Waals surface area contributed by atoms with Crippen molar-refractivity contribution < 1.29 is 68.2 Å². The first-order valence-corrected chi connectivity index (χ1v) is 26.3.